The molecule has 10 heteroatoms. The highest BCUT2D eigenvalue weighted by Crippen LogP contribution is 2.39. The first-order chi connectivity index (χ1) is 15.9. The Morgan fingerprint density at radius 3 is 2.73 bits per heavy atom. The van der Waals surface area contributed by atoms with Gasteiger partial charge in [-0.2, -0.15) is 18.4 Å². The number of pyridine rings is 1. The Hall–Kier alpha value is -3.42. The second-order valence-electron chi connectivity index (χ2n) is 7.44. The van der Waals surface area contributed by atoms with E-state index in [4.69, 9.17) is 9.47 Å². The number of morpholine rings is 1. The Bertz CT molecular complexity index is 1210. The van der Waals surface area contributed by atoms with Crippen LogP contribution in [0.25, 0.3) is 28.4 Å². The van der Waals surface area contributed by atoms with Crippen molar-refractivity contribution in [3.05, 3.63) is 47.4 Å². The van der Waals surface area contributed by atoms with Crippen molar-refractivity contribution in [2.45, 2.75) is 13.1 Å². The summed E-state index contributed by atoms with van der Waals surface area (Å²) < 4.78 is 51.1. The number of hydrogen-bond donors (Lipinski definition) is 1. The number of rotatable bonds is 6. The Labute approximate surface area is 188 Å². The lowest BCUT2D eigenvalue weighted by atomic mass is 10.1. The number of hydrogen-bond acceptors (Lipinski definition) is 6. The quantitative estimate of drug-likeness (QED) is 0.595. The second-order valence-corrected chi connectivity index (χ2v) is 7.44. The molecule has 172 valence electrons. The lowest BCUT2D eigenvalue weighted by Crippen LogP contribution is -2.36. The van der Waals surface area contributed by atoms with Crippen molar-refractivity contribution in [3.8, 4) is 23.1 Å². The molecule has 1 aliphatic rings. The summed E-state index contributed by atoms with van der Waals surface area (Å²) in [5.74, 6) is 0.293. The molecule has 0 atom stereocenters. The Morgan fingerprint density at radius 2 is 2.03 bits per heavy atom. The molecule has 0 radical (unpaired) electrons. The largest absolute Gasteiger partial charge is 0.493 e. The predicted octanol–water partition coefficient (Wildman–Crippen LogP) is 4.26. The van der Waals surface area contributed by atoms with Crippen molar-refractivity contribution in [2.75, 3.05) is 39.5 Å². The van der Waals surface area contributed by atoms with Crippen LogP contribution in [0, 0.1) is 11.3 Å². The van der Waals surface area contributed by atoms with Gasteiger partial charge in [-0.3, -0.25) is 4.90 Å². The zero-order valence-electron chi connectivity index (χ0n) is 17.9. The standard InChI is InChI=1S/C23H22F3N5O2/c1-2-33-20-6-5-15(12-16(20)23(24,25)26)17-13-18-22(19(14-27)28-17)30-21(29-18)4-3-7-31-8-10-32-11-9-31/h3-6,12-13H,2,7-11H2,1H3,(H,29,30). The fraction of sp³-hybridized carbons (Fsp3) is 0.348. The van der Waals surface area contributed by atoms with Crippen LogP contribution >= 0.6 is 0 Å². The summed E-state index contributed by atoms with van der Waals surface area (Å²) in [6, 6.07) is 7.34. The number of imidazole rings is 1. The van der Waals surface area contributed by atoms with Crippen LogP contribution in [0.3, 0.4) is 0 Å². The summed E-state index contributed by atoms with van der Waals surface area (Å²) in [6.07, 6.45) is -0.810. The fourth-order valence-electron chi connectivity index (χ4n) is 3.63. The minimum atomic E-state index is -4.59. The van der Waals surface area contributed by atoms with Crippen molar-refractivity contribution in [2.24, 2.45) is 0 Å². The average Bonchev–Trinajstić information content (AvgIpc) is 3.22. The third kappa shape index (κ3) is 5.16. The first-order valence-electron chi connectivity index (χ1n) is 10.5. The summed E-state index contributed by atoms with van der Waals surface area (Å²) in [6.45, 7) is 5.60. The molecule has 0 amide bonds. The van der Waals surface area contributed by atoms with Gasteiger partial charge in [-0.25, -0.2) is 9.97 Å². The van der Waals surface area contributed by atoms with Gasteiger partial charge in [0.1, 0.15) is 23.2 Å². The Kier molecular flexibility index (Phi) is 6.62. The SMILES string of the molecule is CCOc1ccc(-c2cc3[nH]c(C=CCN4CCOCC4)nc3c(C#N)n2)cc1C(F)(F)F. The van der Waals surface area contributed by atoms with Gasteiger partial charge in [0, 0.05) is 25.2 Å². The molecule has 7 nitrogen and oxygen atoms in total. The molecule has 1 saturated heterocycles. The van der Waals surface area contributed by atoms with Crippen molar-refractivity contribution >= 4 is 17.1 Å². The predicted molar refractivity (Wildman–Crippen MR) is 117 cm³/mol. The first kappa shape index (κ1) is 22.8. The van der Waals surface area contributed by atoms with Crippen LogP contribution < -0.4 is 4.74 Å². The minimum absolute atomic E-state index is 0.0361. The van der Waals surface area contributed by atoms with E-state index in [0.717, 1.165) is 25.7 Å². The molecular formula is C23H22F3N5O2. The van der Waals surface area contributed by atoms with Crippen molar-refractivity contribution < 1.29 is 22.6 Å². The number of halogens is 3. The third-order valence-electron chi connectivity index (χ3n) is 5.22. The molecule has 4 rings (SSSR count). The van der Waals surface area contributed by atoms with Gasteiger partial charge in [-0.15, -0.1) is 0 Å². The number of ether oxygens (including phenoxy) is 2. The molecule has 1 N–H and O–H groups in total. The smallest absolute Gasteiger partial charge is 0.419 e. The van der Waals surface area contributed by atoms with Crippen LogP contribution in [-0.4, -0.2) is 59.3 Å². The Morgan fingerprint density at radius 1 is 1.24 bits per heavy atom. The van der Waals surface area contributed by atoms with Crippen molar-refractivity contribution in [1.82, 2.24) is 19.9 Å². The van der Waals surface area contributed by atoms with Crippen molar-refractivity contribution in [3.63, 3.8) is 0 Å². The Balaban J connectivity index is 1.66. The van der Waals surface area contributed by atoms with E-state index in [-0.39, 0.29) is 29.3 Å². The van der Waals surface area contributed by atoms with E-state index in [1.165, 1.54) is 12.1 Å². The molecule has 1 aromatic carbocycles. The van der Waals surface area contributed by atoms with E-state index in [2.05, 4.69) is 19.9 Å². The zero-order chi connectivity index (χ0) is 23.4. The molecule has 0 unspecified atom stereocenters. The van der Waals surface area contributed by atoms with Crippen LogP contribution in [0.4, 0.5) is 13.2 Å². The van der Waals surface area contributed by atoms with Gasteiger partial charge < -0.3 is 14.5 Å². The lowest BCUT2D eigenvalue weighted by molar-refractivity contribution is -0.138. The molecule has 0 aliphatic carbocycles. The molecule has 0 spiro atoms. The third-order valence-corrected chi connectivity index (χ3v) is 5.22. The highest BCUT2D eigenvalue weighted by atomic mass is 19.4. The number of aromatic amines is 1. The molecule has 1 aliphatic heterocycles. The van der Waals surface area contributed by atoms with E-state index in [1.807, 2.05) is 18.2 Å². The van der Waals surface area contributed by atoms with Crippen LogP contribution in [-0.2, 0) is 10.9 Å². The van der Waals surface area contributed by atoms with Crippen LogP contribution in [0.15, 0.2) is 30.3 Å². The number of nitrogens with one attached hydrogen (secondary N) is 1. The summed E-state index contributed by atoms with van der Waals surface area (Å²) in [5, 5.41) is 9.56. The number of fused-ring (bicyclic) bond motifs is 1. The maximum Gasteiger partial charge on any atom is 0.419 e. The molecule has 3 aromatic rings. The molecule has 1 fully saturated rings. The lowest BCUT2D eigenvalue weighted by Gasteiger charge is -2.24. The zero-order valence-corrected chi connectivity index (χ0v) is 17.9. The number of H-pyrrole nitrogens is 1. The van der Waals surface area contributed by atoms with E-state index in [0.29, 0.717) is 30.1 Å². The van der Waals surface area contributed by atoms with Crippen molar-refractivity contribution in [1.29, 1.82) is 5.26 Å². The minimum Gasteiger partial charge on any atom is -0.493 e. The topological polar surface area (TPSA) is 87.1 Å². The van der Waals surface area contributed by atoms with Gasteiger partial charge in [0.05, 0.1) is 36.6 Å². The first-order valence-corrected chi connectivity index (χ1v) is 10.5. The van der Waals surface area contributed by atoms with Gasteiger partial charge in [-0.1, -0.05) is 6.08 Å². The number of nitrogens with zero attached hydrogens (tertiary/aromatic N) is 4. The van der Waals surface area contributed by atoms with E-state index >= 15 is 0 Å². The summed E-state index contributed by atoms with van der Waals surface area (Å²) in [5.41, 5.74) is 0.496. The molecule has 0 saturated carbocycles. The number of nitriles is 1. The molecule has 33 heavy (non-hydrogen) atoms. The van der Waals surface area contributed by atoms with Gasteiger partial charge in [0.15, 0.2) is 5.69 Å². The van der Waals surface area contributed by atoms with Gasteiger partial charge in [-0.05, 0) is 37.3 Å². The van der Waals surface area contributed by atoms with Crippen LogP contribution in [0.5, 0.6) is 5.75 Å². The molecule has 3 heterocycles. The molecule has 0 bridgehead atoms. The van der Waals surface area contributed by atoms with E-state index < -0.39 is 11.7 Å². The van der Waals surface area contributed by atoms with Gasteiger partial charge in [0.25, 0.3) is 0 Å². The van der Waals surface area contributed by atoms with Crippen LogP contribution in [0.2, 0.25) is 0 Å². The number of benzene rings is 1. The highest BCUT2D eigenvalue weighted by molar-refractivity contribution is 5.85. The maximum atomic E-state index is 13.5. The number of aromatic nitrogens is 3. The summed E-state index contributed by atoms with van der Waals surface area (Å²) >= 11 is 0. The summed E-state index contributed by atoms with van der Waals surface area (Å²) in [4.78, 5) is 14.0. The fourth-order valence-corrected chi connectivity index (χ4v) is 3.63. The monoisotopic (exact) mass is 457 g/mol. The molecule has 2 aromatic heterocycles. The van der Waals surface area contributed by atoms with E-state index in [1.54, 1.807) is 13.0 Å². The number of alkyl halides is 3. The van der Waals surface area contributed by atoms with Gasteiger partial charge >= 0.3 is 6.18 Å². The maximum absolute atomic E-state index is 13.5. The summed E-state index contributed by atoms with van der Waals surface area (Å²) in [7, 11) is 0. The molecular weight excluding hydrogens is 435 g/mol. The normalized spacial score (nSPS) is 15.2. The highest BCUT2D eigenvalue weighted by Gasteiger charge is 2.35. The second kappa shape index (κ2) is 9.60. The van der Waals surface area contributed by atoms with Crippen LogP contribution in [0.1, 0.15) is 24.0 Å². The average molecular weight is 457 g/mol. The van der Waals surface area contributed by atoms with Gasteiger partial charge in [0.2, 0.25) is 0 Å². The van der Waals surface area contributed by atoms with E-state index in [9.17, 15) is 18.4 Å².